The van der Waals surface area contributed by atoms with Crippen LogP contribution in [0.1, 0.15) is 19.8 Å². The van der Waals surface area contributed by atoms with Crippen molar-refractivity contribution in [3.8, 4) is 0 Å². The lowest BCUT2D eigenvalue weighted by Crippen LogP contribution is -2.26. The molecule has 6 unspecified atom stereocenters. The Kier molecular flexibility index (Phi) is 1.37. The lowest BCUT2D eigenvalue weighted by Gasteiger charge is -2.23. The van der Waals surface area contributed by atoms with Crippen LogP contribution in [0, 0.1) is 29.6 Å². The molecule has 6 atom stereocenters. The third-order valence-corrected chi connectivity index (χ3v) is 4.51. The van der Waals surface area contributed by atoms with Gasteiger partial charge >= 0.3 is 0 Å². The second-order valence-corrected chi connectivity index (χ2v) is 4.73. The SMILES string of the molecule is CC1C2CCC1C1C(O)OCC21. The first kappa shape index (κ1) is 7.34. The third-order valence-electron chi connectivity index (χ3n) is 4.51. The van der Waals surface area contributed by atoms with Gasteiger partial charge in [-0.15, -0.1) is 0 Å². The van der Waals surface area contributed by atoms with E-state index in [1.165, 1.54) is 12.8 Å². The molecule has 1 saturated heterocycles. The van der Waals surface area contributed by atoms with Gasteiger partial charge in [0.25, 0.3) is 0 Å². The van der Waals surface area contributed by atoms with Crippen LogP contribution in [0.3, 0.4) is 0 Å². The van der Waals surface area contributed by atoms with Gasteiger partial charge in [-0.3, -0.25) is 0 Å². The molecule has 1 aliphatic heterocycles. The Morgan fingerprint density at radius 3 is 2.67 bits per heavy atom. The van der Waals surface area contributed by atoms with E-state index in [1.54, 1.807) is 0 Å². The van der Waals surface area contributed by atoms with Gasteiger partial charge < -0.3 is 9.84 Å². The fraction of sp³-hybridized carbons (Fsp3) is 1.00. The van der Waals surface area contributed by atoms with Gasteiger partial charge in [0.15, 0.2) is 6.29 Å². The van der Waals surface area contributed by atoms with Crippen LogP contribution in [-0.4, -0.2) is 18.0 Å². The molecule has 1 heterocycles. The highest BCUT2D eigenvalue weighted by molar-refractivity contribution is 5.03. The molecule has 0 spiro atoms. The van der Waals surface area contributed by atoms with E-state index >= 15 is 0 Å². The molecule has 12 heavy (non-hydrogen) atoms. The Hall–Kier alpha value is -0.0800. The molecule has 1 N–H and O–H groups in total. The van der Waals surface area contributed by atoms with Gasteiger partial charge in [-0.25, -0.2) is 0 Å². The van der Waals surface area contributed by atoms with Crippen molar-refractivity contribution in [1.29, 1.82) is 0 Å². The molecule has 0 amide bonds. The average Bonchev–Trinajstić information content (AvgIpc) is 2.66. The van der Waals surface area contributed by atoms with Gasteiger partial charge in [0.05, 0.1) is 6.61 Å². The highest BCUT2D eigenvalue weighted by atomic mass is 16.6. The maximum absolute atomic E-state index is 9.62. The minimum absolute atomic E-state index is 0.437. The van der Waals surface area contributed by atoms with Crippen molar-refractivity contribution in [2.45, 2.75) is 26.1 Å². The van der Waals surface area contributed by atoms with E-state index in [-0.39, 0.29) is 0 Å². The number of aliphatic hydroxyl groups is 1. The minimum Gasteiger partial charge on any atom is -0.368 e. The molecule has 0 aromatic heterocycles. The second-order valence-electron chi connectivity index (χ2n) is 4.73. The molecule has 2 heteroatoms. The maximum atomic E-state index is 9.62. The normalized spacial score (nSPS) is 62.5. The summed E-state index contributed by atoms with van der Waals surface area (Å²) in [5.41, 5.74) is 0. The molecule has 68 valence electrons. The first-order valence-corrected chi connectivity index (χ1v) is 5.08. The van der Waals surface area contributed by atoms with Gasteiger partial charge in [-0.2, -0.15) is 0 Å². The van der Waals surface area contributed by atoms with Crippen LogP contribution in [-0.2, 0) is 4.74 Å². The van der Waals surface area contributed by atoms with E-state index < -0.39 is 6.29 Å². The lowest BCUT2D eigenvalue weighted by molar-refractivity contribution is -0.0942. The van der Waals surface area contributed by atoms with Crippen molar-refractivity contribution in [2.75, 3.05) is 6.61 Å². The molecule has 3 fully saturated rings. The number of ether oxygens (including phenoxy) is 1. The van der Waals surface area contributed by atoms with Gasteiger partial charge in [-0.05, 0) is 36.5 Å². The zero-order valence-electron chi connectivity index (χ0n) is 7.44. The minimum atomic E-state index is -0.437. The van der Waals surface area contributed by atoms with Crippen LogP contribution >= 0.6 is 0 Å². The second kappa shape index (κ2) is 2.24. The van der Waals surface area contributed by atoms with Crippen molar-refractivity contribution in [3.05, 3.63) is 0 Å². The maximum Gasteiger partial charge on any atom is 0.157 e. The number of hydrogen-bond donors (Lipinski definition) is 1. The predicted octanol–water partition coefficient (Wildman–Crippen LogP) is 1.24. The van der Waals surface area contributed by atoms with Gasteiger partial charge in [-0.1, -0.05) is 6.92 Å². The topological polar surface area (TPSA) is 29.5 Å². The van der Waals surface area contributed by atoms with E-state index in [2.05, 4.69) is 6.92 Å². The summed E-state index contributed by atoms with van der Waals surface area (Å²) in [6.45, 7) is 3.17. The Balaban J connectivity index is 1.93. The quantitative estimate of drug-likeness (QED) is 0.589. The fourth-order valence-corrected chi connectivity index (χ4v) is 3.96. The highest BCUT2D eigenvalue weighted by Crippen LogP contribution is 2.59. The van der Waals surface area contributed by atoms with Crippen LogP contribution in [0.2, 0.25) is 0 Å². The molecule has 2 nitrogen and oxygen atoms in total. The Labute approximate surface area is 72.9 Å². The molecular formula is C10H16O2. The summed E-state index contributed by atoms with van der Waals surface area (Å²) >= 11 is 0. The lowest BCUT2D eigenvalue weighted by atomic mass is 9.81. The van der Waals surface area contributed by atoms with Crippen LogP contribution in [0.4, 0.5) is 0 Å². The van der Waals surface area contributed by atoms with Crippen molar-refractivity contribution >= 4 is 0 Å². The van der Waals surface area contributed by atoms with E-state index in [1.807, 2.05) is 0 Å². The standard InChI is InChI=1S/C10H16O2/c1-5-6-2-3-7(5)9-8(6)4-12-10(9)11/h5-11H,2-4H2,1H3. The molecule has 0 radical (unpaired) electrons. The average molecular weight is 168 g/mol. The van der Waals surface area contributed by atoms with Gasteiger partial charge in [0.2, 0.25) is 0 Å². The van der Waals surface area contributed by atoms with Crippen molar-refractivity contribution in [2.24, 2.45) is 29.6 Å². The largest absolute Gasteiger partial charge is 0.368 e. The molecule has 2 saturated carbocycles. The monoisotopic (exact) mass is 168 g/mol. The van der Waals surface area contributed by atoms with E-state index in [4.69, 9.17) is 4.74 Å². The number of fused-ring (bicyclic) bond motifs is 5. The van der Waals surface area contributed by atoms with Crippen LogP contribution in [0.25, 0.3) is 0 Å². The van der Waals surface area contributed by atoms with E-state index in [9.17, 15) is 5.11 Å². The van der Waals surface area contributed by atoms with Gasteiger partial charge in [0, 0.05) is 5.92 Å². The smallest absolute Gasteiger partial charge is 0.157 e. The first-order valence-electron chi connectivity index (χ1n) is 5.08. The van der Waals surface area contributed by atoms with E-state index in [0.29, 0.717) is 11.8 Å². The highest BCUT2D eigenvalue weighted by Gasteiger charge is 2.57. The Morgan fingerprint density at radius 1 is 1.17 bits per heavy atom. The van der Waals surface area contributed by atoms with Crippen molar-refractivity contribution in [1.82, 2.24) is 0 Å². The van der Waals surface area contributed by atoms with E-state index in [0.717, 1.165) is 24.4 Å². The summed E-state index contributed by atoms with van der Waals surface area (Å²) in [5, 5.41) is 9.62. The Morgan fingerprint density at radius 2 is 1.92 bits per heavy atom. The number of hydrogen-bond acceptors (Lipinski definition) is 2. The molecule has 3 rings (SSSR count). The third kappa shape index (κ3) is 0.686. The summed E-state index contributed by atoms with van der Waals surface area (Å²) in [5.74, 6) is 3.64. The fourth-order valence-electron chi connectivity index (χ4n) is 3.96. The predicted molar refractivity (Wildman–Crippen MR) is 44.3 cm³/mol. The van der Waals surface area contributed by atoms with Crippen molar-refractivity contribution in [3.63, 3.8) is 0 Å². The molecule has 0 aromatic carbocycles. The molecule has 2 bridgehead atoms. The zero-order valence-corrected chi connectivity index (χ0v) is 7.44. The summed E-state index contributed by atoms with van der Waals surface area (Å²) in [6.07, 6.45) is 2.27. The van der Waals surface area contributed by atoms with Crippen molar-refractivity contribution < 1.29 is 9.84 Å². The van der Waals surface area contributed by atoms with Gasteiger partial charge in [0.1, 0.15) is 0 Å². The number of aliphatic hydroxyl groups excluding tert-OH is 1. The first-order chi connectivity index (χ1) is 5.79. The molecular weight excluding hydrogens is 152 g/mol. The Bertz CT molecular complexity index is 202. The molecule has 3 aliphatic rings. The summed E-state index contributed by atoms with van der Waals surface area (Å²) in [6, 6.07) is 0. The van der Waals surface area contributed by atoms with Crippen LogP contribution in [0.15, 0.2) is 0 Å². The van der Waals surface area contributed by atoms with Crippen LogP contribution < -0.4 is 0 Å². The number of rotatable bonds is 0. The summed E-state index contributed by atoms with van der Waals surface area (Å²) in [7, 11) is 0. The zero-order chi connectivity index (χ0) is 8.29. The molecule has 2 aliphatic carbocycles. The summed E-state index contributed by atoms with van der Waals surface area (Å²) < 4.78 is 5.30. The van der Waals surface area contributed by atoms with Crippen LogP contribution in [0.5, 0.6) is 0 Å². The summed E-state index contributed by atoms with van der Waals surface area (Å²) in [4.78, 5) is 0. The molecule has 0 aromatic rings.